The summed E-state index contributed by atoms with van der Waals surface area (Å²) in [6.07, 6.45) is 1.95. The highest BCUT2D eigenvalue weighted by Gasteiger charge is 2.31. The van der Waals surface area contributed by atoms with E-state index in [-0.39, 0.29) is 11.5 Å². The summed E-state index contributed by atoms with van der Waals surface area (Å²) in [5.41, 5.74) is 1.22. The summed E-state index contributed by atoms with van der Waals surface area (Å²) in [6, 6.07) is 10.3. The molecule has 0 bridgehead atoms. The minimum Gasteiger partial charge on any atom is -0.320 e. The molecular formula is C16H27NO2. The maximum Gasteiger partial charge on any atom is 0.123 e. The van der Waals surface area contributed by atoms with Gasteiger partial charge in [0.15, 0.2) is 0 Å². The largest absolute Gasteiger partial charge is 0.320 e. The van der Waals surface area contributed by atoms with Crippen molar-refractivity contribution < 1.29 is 9.78 Å². The third-order valence-electron chi connectivity index (χ3n) is 3.54. The predicted octanol–water partition coefficient (Wildman–Crippen LogP) is 3.72. The van der Waals surface area contributed by atoms with E-state index in [4.69, 9.17) is 9.78 Å². The van der Waals surface area contributed by atoms with Crippen LogP contribution in [0.1, 0.15) is 45.3 Å². The van der Waals surface area contributed by atoms with Crippen LogP contribution in [0.4, 0.5) is 0 Å². The average molecular weight is 265 g/mol. The molecule has 0 aliphatic rings. The summed E-state index contributed by atoms with van der Waals surface area (Å²) in [6.45, 7) is 8.16. The topological polar surface area (TPSA) is 30.5 Å². The fourth-order valence-corrected chi connectivity index (χ4v) is 1.87. The molecule has 0 saturated carbocycles. The molecule has 0 aliphatic carbocycles. The first-order valence-corrected chi connectivity index (χ1v) is 7.09. The molecular weight excluding hydrogens is 238 g/mol. The quantitative estimate of drug-likeness (QED) is 0.419. The van der Waals surface area contributed by atoms with E-state index in [9.17, 15) is 0 Å². The van der Waals surface area contributed by atoms with Gasteiger partial charge in [0, 0.05) is 0 Å². The first-order chi connectivity index (χ1) is 9.11. The lowest BCUT2D eigenvalue weighted by molar-refractivity contribution is -0.346. The smallest absolute Gasteiger partial charge is 0.123 e. The summed E-state index contributed by atoms with van der Waals surface area (Å²) in [5, 5.41) is 3.09. The Hall–Kier alpha value is -0.900. The van der Waals surface area contributed by atoms with Crippen molar-refractivity contribution >= 4 is 0 Å². The number of hydrogen-bond acceptors (Lipinski definition) is 3. The summed E-state index contributed by atoms with van der Waals surface area (Å²) >= 11 is 0. The molecule has 19 heavy (non-hydrogen) atoms. The molecule has 3 nitrogen and oxygen atoms in total. The zero-order valence-corrected chi connectivity index (χ0v) is 12.6. The van der Waals surface area contributed by atoms with E-state index in [1.54, 1.807) is 0 Å². The van der Waals surface area contributed by atoms with Crippen LogP contribution in [0.25, 0.3) is 0 Å². The molecule has 108 valence electrons. The van der Waals surface area contributed by atoms with Crippen LogP contribution in [0.15, 0.2) is 30.3 Å². The zero-order chi connectivity index (χ0) is 14.1. The molecule has 3 heteroatoms. The summed E-state index contributed by atoms with van der Waals surface area (Å²) in [5.74, 6) is 0. The molecule has 1 rings (SSSR count). The summed E-state index contributed by atoms with van der Waals surface area (Å²) < 4.78 is 0. The first-order valence-electron chi connectivity index (χ1n) is 7.09. The molecule has 1 unspecified atom stereocenters. The van der Waals surface area contributed by atoms with Gasteiger partial charge in [-0.15, -0.1) is 0 Å². The fraction of sp³-hybridized carbons (Fsp3) is 0.625. The standard InChI is InChI=1S/C16H27NO2/c1-5-16(2,3)15(14-10-7-6-8-11-14)19-18-13-9-12-17-4/h6-8,10-11,15,17H,5,9,12-13H2,1-4H3. The van der Waals surface area contributed by atoms with Gasteiger partial charge < -0.3 is 5.32 Å². The van der Waals surface area contributed by atoms with Crippen molar-refractivity contribution in [2.75, 3.05) is 20.2 Å². The van der Waals surface area contributed by atoms with Crippen molar-refractivity contribution in [3.8, 4) is 0 Å². The van der Waals surface area contributed by atoms with E-state index in [0.29, 0.717) is 6.61 Å². The predicted molar refractivity (Wildman–Crippen MR) is 78.8 cm³/mol. The van der Waals surface area contributed by atoms with E-state index in [2.05, 4.69) is 38.2 Å². The van der Waals surface area contributed by atoms with Crippen LogP contribution in [-0.4, -0.2) is 20.2 Å². The second-order valence-electron chi connectivity index (χ2n) is 5.51. The second-order valence-corrected chi connectivity index (χ2v) is 5.51. The van der Waals surface area contributed by atoms with Crippen molar-refractivity contribution in [1.29, 1.82) is 0 Å². The lowest BCUT2D eigenvalue weighted by Crippen LogP contribution is -2.24. The summed E-state index contributed by atoms with van der Waals surface area (Å²) in [4.78, 5) is 11.1. The molecule has 0 amide bonds. The van der Waals surface area contributed by atoms with Crippen LogP contribution >= 0.6 is 0 Å². The van der Waals surface area contributed by atoms with Gasteiger partial charge >= 0.3 is 0 Å². The first kappa shape index (κ1) is 16.2. The van der Waals surface area contributed by atoms with Gasteiger partial charge in [0.1, 0.15) is 6.10 Å². The summed E-state index contributed by atoms with van der Waals surface area (Å²) in [7, 11) is 1.94. The van der Waals surface area contributed by atoms with Crippen LogP contribution in [0, 0.1) is 5.41 Å². The SMILES string of the molecule is CCC(C)(C)C(OOCCCNC)c1ccccc1. The zero-order valence-electron chi connectivity index (χ0n) is 12.6. The minimum absolute atomic E-state index is 0.0340. The number of hydrogen-bond donors (Lipinski definition) is 1. The lowest BCUT2D eigenvalue weighted by Gasteiger charge is -2.32. The van der Waals surface area contributed by atoms with Crippen molar-refractivity contribution in [2.45, 2.75) is 39.7 Å². The highest BCUT2D eigenvalue weighted by Crippen LogP contribution is 2.39. The van der Waals surface area contributed by atoms with Crippen LogP contribution < -0.4 is 5.32 Å². The van der Waals surface area contributed by atoms with Crippen molar-refractivity contribution in [1.82, 2.24) is 5.32 Å². The Bertz CT molecular complexity index is 338. The highest BCUT2D eigenvalue weighted by molar-refractivity contribution is 5.19. The molecule has 1 atom stereocenters. The molecule has 1 aromatic rings. The van der Waals surface area contributed by atoms with Gasteiger partial charge in [0.05, 0.1) is 6.61 Å². The van der Waals surface area contributed by atoms with Gasteiger partial charge in [-0.05, 0) is 37.4 Å². The van der Waals surface area contributed by atoms with Gasteiger partial charge in [0.2, 0.25) is 0 Å². The monoisotopic (exact) mass is 265 g/mol. The van der Waals surface area contributed by atoms with Crippen LogP contribution in [0.3, 0.4) is 0 Å². The van der Waals surface area contributed by atoms with E-state index in [1.165, 1.54) is 5.56 Å². The van der Waals surface area contributed by atoms with Gasteiger partial charge in [-0.1, -0.05) is 51.1 Å². The van der Waals surface area contributed by atoms with Gasteiger partial charge in [-0.25, -0.2) is 9.78 Å². The molecule has 1 aromatic carbocycles. The molecule has 0 heterocycles. The average Bonchev–Trinajstić information content (AvgIpc) is 2.43. The third kappa shape index (κ3) is 5.31. The van der Waals surface area contributed by atoms with Crippen molar-refractivity contribution in [3.05, 3.63) is 35.9 Å². The lowest BCUT2D eigenvalue weighted by atomic mass is 9.80. The van der Waals surface area contributed by atoms with E-state index < -0.39 is 0 Å². The molecule has 0 spiro atoms. The van der Waals surface area contributed by atoms with Crippen molar-refractivity contribution in [3.63, 3.8) is 0 Å². The maximum absolute atomic E-state index is 5.70. The van der Waals surface area contributed by atoms with Crippen molar-refractivity contribution in [2.24, 2.45) is 5.41 Å². The Morgan fingerprint density at radius 2 is 1.89 bits per heavy atom. The van der Waals surface area contributed by atoms with Crippen LogP contribution in [-0.2, 0) is 9.78 Å². The molecule has 0 aromatic heterocycles. The third-order valence-corrected chi connectivity index (χ3v) is 3.54. The van der Waals surface area contributed by atoms with E-state index in [0.717, 1.165) is 19.4 Å². The fourth-order valence-electron chi connectivity index (χ4n) is 1.87. The Morgan fingerprint density at radius 3 is 2.47 bits per heavy atom. The van der Waals surface area contributed by atoms with Crippen LogP contribution in [0.2, 0.25) is 0 Å². The Balaban J connectivity index is 2.61. The Morgan fingerprint density at radius 1 is 1.21 bits per heavy atom. The van der Waals surface area contributed by atoms with E-state index in [1.807, 2.05) is 25.2 Å². The van der Waals surface area contributed by atoms with Gasteiger partial charge in [0.25, 0.3) is 0 Å². The van der Waals surface area contributed by atoms with Crippen LogP contribution in [0.5, 0.6) is 0 Å². The number of nitrogens with one attached hydrogen (secondary N) is 1. The Kier molecular flexibility index (Phi) is 7.06. The minimum atomic E-state index is -0.0340. The van der Waals surface area contributed by atoms with E-state index >= 15 is 0 Å². The number of rotatable bonds is 9. The molecule has 0 radical (unpaired) electrons. The highest BCUT2D eigenvalue weighted by atomic mass is 17.2. The Labute approximate surface area is 117 Å². The van der Waals surface area contributed by atoms with Gasteiger partial charge in [-0.3, -0.25) is 0 Å². The molecule has 0 fully saturated rings. The van der Waals surface area contributed by atoms with Gasteiger partial charge in [-0.2, -0.15) is 0 Å². The second kappa shape index (κ2) is 8.31. The molecule has 0 aliphatic heterocycles. The molecule has 1 N–H and O–H groups in total. The normalized spacial score (nSPS) is 13.5. The molecule has 0 saturated heterocycles. The number of benzene rings is 1. The maximum atomic E-state index is 5.70.